The average molecular weight is 228 g/mol. The van der Waals surface area contributed by atoms with Crippen molar-refractivity contribution in [3.05, 3.63) is 12.2 Å². The fourth-order valence-corrected chi connectivity index (χ4v) is 2.71. The largest absolute Gasteiger partial charge is 0.337 e. The zero-order valence-electron chi connectivity index (χ0n) is 9.34. The minimum Gasteiger partial charge on any atom is -0.337 e. The second-order valence-electron chi connectivity index (χ2n) is 4.01. The van der Waals surface area contributed by atoms with Crippen LogP contribution in [0.25, 0.3) is 0 Å². The Morgan fingerprint density at radius 3 is 2.87 bits per heavy atom. The third-order valence-corrected chi connectivity index (χ3v) is 3.71. The van der Waals surface area contributed by atoms with Gasteiger partial charge in [0.05, 0.1) is 0 Å². The molecule has 1 atom stereocenters. The molecule has 0 aromatic heterocycles. The first-order valence-electron chi connectivity index (χ1n) is 5.46. The van der Waals surface area contributed by atoms with Gasteiger partial charge in [-0.25, -0.2) is 4.79 Å². The van der Waals surface area contributed by atoms with Crippen molar-refractivity contribution >= 4 is 17.8 Å². The molecule has 0 bridgehead atoms. The number of hydrogen-bond acceptors (Lipinski definition) is 2. The Labute approximate surface area is 96.1 Å². The summed E-state index contributed by atoms with van der Waals surface area (Å²) in [5.41, 5.74) is 0.970. The van der Waals surface area contributed by atoms with Crippen LogP contribution in [0.5, 0.6) is 0 Å². The van der Waals surface area contributed by atoms with Gasteiger partial charge in [-0.2, -0.15) is 11.8 Å². The maximum atomic E-state index is 11.3. The Morgan fingerprint density at radius 2 is 2.27 bits per heavy atom. The van der Waals surface area contributed by atoms with E-state index in [2.05, 4.69) is 17.2 Å². The SMILES string of the molecule is C=C(C)CNC(=O)NC[C@@H]1CCCCS1. The maximum Gasteiger partial charge on any atom is 0.315 e. The molecular weight excluding hydrogens is 208 g/mol. The quantitative estimate of drug-likeness (QED) is 0.724. The lowest BCUT2D eigenvalue weighted by molar-refractivity contribution is 0.241. The molecule has 0 aromatic rings. The predicted molar refractivity (Wildman–Crippen MR) is 66.3 cm³/mol. The summed E-state index contributed by atoms with van der Waals surface area (Å²) in [4.78, 5) is 11.3. The molecule has 4 heteroatoms. The highest BCUT2D eigenvalue weighted by Gasteiger charge is 2.14. The molecule has 0 aliphatic carbocycles. The molecular formula is C11H20N2OS. The van der Waals surface area contributed by atoms with Gasteiger partial charge in [0.2, 0.25) is 0 Å². The van der Waals surface area contributed by atoms with Gasteiger partial charge in [-0.15, -0.1) is 0 Å². The van der Waals surface area contributed by atoms with Crippen LogP contribution in [-0.2, 0) is 0 Å². The van der Waals surface area contributed by atoms with E-state index in [4.69, 9.17) is 0 Å². The topological polar surface area (TPSA) is 41.1 Å². The van der Waals surface area contributed by atoms with Crippen LogP contribution in [0.2, 0.25) is 0 Å². The van der Waals surface area contributed by atoms with Gasteiger partial charge in [0.25, 0.3) is 0 Å². The van der Waals surface area contributed by atoms with Crippen molar-refractivity contribution in [2.24, 2.45) is 0 Å². The van der Waals surface area contributed by atoms with Crippen molar-refractivity contribution in [3.63, 3.8) is 0 Å². The van der Waals surface area contributed by atoms with Gasteiger partial charge in [0, 0.05) is 18.3 Å². The van der Waals surface area contributed by atoms with Gasteiger partial charge >= 0.3 is 6.03 Å². The fourth-order valence-electron chi connectivity index (χ4n) is 1.47. The van der Waals surface area contributed by atoms with Crippen molar-refractivity contribution in [2.45, 2.75) is 31.4 Å². The number of thioether (sulfide) groups is 1. The molecule has 1 aliphatic heterocycles. The zero-order chi connectivity index (χ0) is 11.1. The molecule has 86 valence electrons. The van der Waals surface area contributed by atoms with Crippen molar-refractivity contribution in [1.82, 2.24) is 10.6 Å². The number of urea groups is 1. The molecule has 15 heavy (non-hydrogen) atoms. The van der Waals surface area contributed by atoms with E-state index in [0.717, 1.165) is 12.1 Å². The van der Waals surface area contributed by atoms with E-state index in [0.29, 0.717) is 11.8 Å². The second-order valence-corrected chi connectivity index (χ2v) is 5.42. The normalized spacial score (nSPS) is 20.7. The highest BCUT2D eigenvalue weighted by molar-refractivity contribution is 7.99. The summed E-state index contributed by atoms with van der Waals surface area (Å²) in [7, 11) is 0. The summed E-state index contributed by atoms with van der Waals surface area (Å²) >= 11 is 1.97. The average Bonchev–Trinajstić information content (AvgIpc) is 2.25. The molecule has 1 saturated heterocycles. The van der Waals surface area contributed by atoms with Crippen molar-refractivity contribution in [2.75, 3.05) is 18.8 Å². The third kappa shape index (κ3) is 5.72. The standard InChI is InChI=1S/C11H20N2OS/c1-9(2)7-12-11(14)13-8-10-5-3-4-6-15-10/h10H,1,3-8H2,2H3,(H2,12,13,14)/t10-/m0/s1. The van der Waals surface area contributed by atoms with Gasteiger partial charge in [-0.05, 0) is 25.5 Å². The highest BCUT2D eigenvalue weighted by Crippen LogP contribution is 2.24. The molecule has 0 radical (unpaired) electrons. The number of nitrogens with one attached hydrogen (secondary N) is 2. The molecule has 1 aliphatic rings. The lowest BCUT2D eigenvalue weighted by atomic mass is 10.2. The fraction of sp³-hybridized carbons (Fsp3) is 0.727. The van der Waals surface area contributed by atoms with Crippen LogP contribution in [0.4, 0.5) is 4.79 Å². The van der Waals surface area contributed by atoms with Crippen LogP contribution in [0, 0.1) is 0 Å². The van der Waals surface area contributed by atoms with Crippen molar-refractivity contribution < 1.29 is 4.79 Å². The van der Waals surface area contributed by atoms with Crippen LogP contribution in [0.1, 0.15) is 26.2 Å². The van der Waals surface area contributed by atoms with E-state index in [1.54, 1.807) is 0 Å². The zero-order valence-corrected chi connectivity index (χ0v) is 10.2. The van der Waals surface area contributed by atoms with Crippen LogP contribution >= 0.6 is 11.8 Å². The van der Waals surface area contributed by atoms with Crippen LogP contribution in [0.15, 0.2) is 12.2 Å². The predicted octanol–water partition coefficient (Wildman–Crippen LogP) is 2.15. The van der Waals surface area contributed by atoms with Crippen molar-refractivity contribution in [1.29, 1.82) is 0 Å². The van der Waals surface area contributed by atoms with Crippen LogP contribution < -0.4 is 10.6 Å². The van der Waals surface area contributed by atoms with E-state index >= 15 is 0 Å². The first-order valence-corrected chi connectivity index (χ1v) is 6.51. The smallest absolute Gasteiger partial charge is 0.315 e. The molecule has 0 saturated carbocycles. The molecule has 0 aromatic carbocycles. The van der Waals surface area contributed by atoms with Gasteiger partial charge < -0.3 is 10.6 Å². The molecule has 2 N–H and O–H groups in total. The molecule has 2 amide bonds. The lowest BCUT2D eigenvalue weighted by Gasteiger charge is -2.21. The van der Waals surface area contributed by atoms with E-state index in [1.807, 2.05) is 18.7 Å². The first-order chi connectivity index (χ1) is 7.18. The van der Waals surface area contributed by atoms with Gasteiger partial charge in [0.1, 0.15) is 0 Å². The lowest BCUT2D eigenvalue weighted by Crippen LogP contribution is -2.40. The summed E-state index contributed by atoms with van der Waals surface area (Å²) < 4.78 is 0. The molecule has 0 spiro atoms. The summed E-state index contributed by atoms with van der Waals surface area (Å²) in [6, 6.07) is -0.0795. The van der Waals surface area contributed by atoms with Gasteiger partial charge in [0.15, 0.2) is 0 Å². The first kappa shape index (κ1) is 12.4. The second kappa shape index (κ2) is 6.77. The molecule has 1 rings (SSSR count). The Morgan fingerprint density at radius 1 is 1.47 bits per heavy atom. The molecule has 3 nitrogen and oxygen atoms in total. The highest BCUT2D eigenvalue weighted by atomic mass is 32.2. The van der Waals surface area contributed by atoms with E-state index in [9.17, 15) is 4.79 Å². The number of rotatable bonds is 4. The molecule has 1 fully saturated rings. The number of hydrogen-bond donors (Lipinski definition) is 2. The summed E-state index contributed by atoms with van der Waals surface area (Å²) in [5.74, 6) is 1.24. The maximum absolute atomic E-state index is 11.3. The minimum atomic E-state index is -0.0795. The van der Waals surface area contributed by atoms with Crippen LogP contribution in [-0.4, -0.2) is 30.1 Å². The Kier molecular flexibility index (Phi) is 5.61. The van der Waals surface area contributed by atoms with Gasteiger partial charge in [-0.1, -0.05) is 18.6 Å². The summed E-state index contributed by atoms with van der Waals surface area (Å²) in [6.07, 6.45) is 3.85. The third-order valence-electron chi connectivity index (χ3n) is 2.32. The molecule has 1 heterocycles. The van der Waals surface area contributed by atoms with E-state index in [-0.39, 0.29) is 6.03 Å². The van der Waals surface area contributed by atoms with E-state index < -0.39 is 0 Å². The Balaban J connectivity index is 2.07. The molecule has 0 unspecified atom stereocenters. The Bertz CT molecular complexity index is 225. The minimum absolute atomic E-state index is 0.0795. The number of carbonyl (C=O) groups is 1. The number of carbonyl (C=O) groups excluding carboxylic acids is 1. The van der Waals surface area contributed by atoms with E-state index in [1.165, 1.54) is 25.0 Å². The van der Waals surface area contributed by atoms with Crippen LogP contribution in [0.3, 0.4) is 0 Å². The number of amides is 2. The van der Waals surface area contributed by atoms with Gasteiger partial charge in [-0.3, -0.25) is 0 Å². The Hall–Kier alpha value is -0.640. The summed E-state index contributed by atoms with van der Waals surface area (Å²) in [5, 5.41) is 6.26. The monoisotopic (exact) mass is 228 g/mol. The summed E-state index contributed by atoms with van der Waals surface area (Å²) in [6.45, 7) is 6.97. The van der Waals surface area contributed by atoms with Crippen molar-refractivity contribution in [3.8, 4) is 0 Å².